The van der Waals surface area contributed by atoms with E-state index in [1.54, 1.807) is 19.1 Å². The van der Waals surface area contributed by atoms with Gasteiger partial charge in [-0.05, 0) is 19.9 Å². The van der Waals surface area contributed by atoms with Gasteiger partial charge in [-0.15, -0.1) is 0 Å². The smallest absolute Gasteiger partial charge is 0.325 e. The van der Waals surface area contributed by atoms with Crippen molar-refractivity contribution in [1.29, 1.82) is 0 Å². The molecule has 0 heterocycles. The van der Waals surface area contributed by atoms with E-state index in [0.717, 1.165) is 5.56 Å². The van der Waals surface area contributed by atoms with Gasteiger partial charge in [0, 0.05) is 5.56 Å². The lowest BCUT2D eigenvalue weighted by Crippen LogP contribution is -2.40. The number of amides is 1. The zero-order valence-electron chi connectivity index (χ0n) is 10.6. The molecule has 0 aliphatic carbocycles. The van der Waals surface area contributed by atoms with Crippen molar-refractivity contribution in [1.82, 2.24) is 5.32 Å². The number of benzene rings is 1. The summed E-state index contributed by atoms with van der Waals surface area (Å²) in [6.07, 6.45) is 0. The van der Waals surface area contributed by atoms with Crippen molar-refractivity contribution in [2.45, 2.75) is 25.8 Å². The van der Waals surface area contributed by atoms with Crippen LogP contribution in [0.4, 0.5) is 0 Å². The van der Waals surface area contributed by atoms with Crippen molar-refractivity contribution in [2.24, 2.45) is 0 Å². The molecule has 5 heteroatoms. The van der Waals surface area contributed by atoms with Gasteiger partial charge in [-0.25, -0.2) is 0 Å². The molecule has 2 N–H and O–H groups in total. The maximum Gasteiger partial charge on any atom is 0.325 e. The minimum atomic E-state index is -1.06. The number of ether oxygens (including phenoxy) is 1. The van der Waals surface area contributed by atoms with Gasteiger partial charge < -0.3 is 15.2 Å². The number of carbonyl (C=O) groups is 2. The molecule has 0 spiro atoms. The van der Waals surface area contributed by atoms with Gasteiger partial charge in [0.05, 0.1) is 13.0 Å². The van der Waals surface area contributed by atoms with E-state index in [-0.39, 0.29) is 5.91 Å². The van der Waals surface area contributed by atoms with Crippen LogP contribution in [-0.4, -0.2) is 30.1 Å². The highest BCUT2D eigenvalue weighted by molar-refractivity contribution is 5.88. The molecule has 2 unspecified atom stereocenters. The number of carboxylic acid groups (broad SMARTS) is 1. The summed E-state index contributed by atoms with van der Waals surface area (Å²) >= 11 is 0. The third-order valence-corrected chi connectivity index (χ3v) is 2.73. The van der Waals surface area contributed by atoms with Crippen LogP contribution in [0.3, 0.4) is 0 Å². The molecular weight excluding hydrogens is 234 g/mol. The Balaban J connectivity index is 2.83. The fourth-order valence-electron chi connectivity index (χ4n) is 1.57. The summed E-state index contributed by atoms with van der Waals surface area (Å²) in [7, 11) is 1.53. The topological polar surface area (TPSA) is 75.6 Å². The normalized spacial score (nSPS) is 13.5. The standard InChI is InChI=1S/C13H17NO4/c1-8(12(15)14-9(2)13(16)17)10-6-4-5-7-11(10)18-3/h4-9H,1-3H3,(H,14,15)(H,16,17). The van der Waals surface area contributed by atoms with E-state index in [2.05, 4.69) is 5.32 Å². The quantitative estimate of drug-likeness (QED) is 0.829. The van der Waals surface area contributed by atoms with E-state index < -0.39 is 17.9 Å². The van der Waals surface area contributed by atoms with Crippen molar-refractivity contribution in [3.8, 4) is 5.75 Å². The van der Waals surface area contributed by atoms with Crippen LogP contribution in [0.5, 0.6) is 5.75 Å². The lowest BCUT2D eigenvalue weighted by atomic mass is 9.99. The summed E-state index contributed by atoms with van der Waals surface area (Å²) in [5.41, 5.74) is 0.732. The molecule has 0 radical (unpaired) electrons. The first-order valence-corrected chi connectivity index (χ1v) is 5.63. The highest BCUT2D eigenvalue weighted by Crippen LogP contribution is 2.26. The third-order valence-electron chi connectivity index (χ3n) is 2.73. The second-order valence-corrected chi connectivity index (χ2v) is 4.03. The van der Waals surface area contributed by atoms with Crippen molar-refractivity contribution in [2.75, 3.05) is 7.11 Å². The highest BCUT2D eigenvalue weighted by atomic mass is 16.5. The van der Waals surface area contributed by atoms with Gasteiger partial charge in [0.1, 0.15) is 11.8 Å². The van der Waals surface area contributed by atoms with Crippen molar-refractivity contribution < 1.29 is 19.4 Å². The minimum absolute atomic E-state index is 0.339. The zero-order valence-corrected chi connectivity index (χ0v) is 10.6. The Morgan fingerprint density at radius 3 is 2.44 bits per heavy atom. The molecule has 0 aliphatic rings. The highest BCUT2D eigenvalue weighted by Gasteiger charge is 2.22. The molecule has 2 atom stereocenters. The number of para-hydroxylation sites is 1. The summed E-state index contributed by atoms with van der Waals surface area (Å²) in [5, 5.41) is 11.2. The Kier molecular flexibility index (Phi) is 4.71. The zero-order chi connectivity index (χ0) is 13.7. The minimum Gasteiger partial charge on any atom is -0.496 e. The van der Waals surface area contributed by atoms with Crippen molar-refractivity contribution >= 4 is 11.9 Å². The first kappa shape index (κ1) is 14.0. The molecule has 0 aromatic heterocycles. The van der Waals surface area contributed by atoms with Crippen LogP contribution in [-0.2, 0) is 9.59 Å². The molecular formula is C13H17NO4. The first-order valence-electron chi connectivity index (χ1n) is 5.63. The average molecular weight is 251 g/mol. The maximum atomic E-state index is 11.9. The van der Waals surface area contributed by atoms with Gasteiger partial charge in [0.2, 0.25) is 5.91 Å². The van der Waals surface area contributed by atoms with E-state index >= 15 is 0 Å². The number of hydrogen-bond donors (Lipinski definition) is 2. The first-order chi connectivity index (χ1) is 8.47. The van der Waals surface area contributed by atoms with Gasteiger partial charge in [0.25, 0.3) is 0 Å². The third kappa shape index (κ3) is 3.23. The fourth-order valence-corrected chi connectivity index (χ4v) is 1.57. The number of aliphatic carboxylic acids is 1. The van der Waals surface area contributed by atoms with Gasteiger partial charge in [-0.2, -0.15) is 0 Å². The molecule has 0 fully saturated rings. The van der Waals surface area contributed by atoms with Crippen LogP contribution in [0.15, 0.2) is 24.3 Å². The molecule has 1 amide bonds. The molecule has 1 aromatic carbocycles. The Labute approximate surface area is 106 Å². The van der Waals surface area contributed by atoms with Crippen LogP contribution in [0, 0.1) is 0 Å². The molecule has 1 rings (SSSR count). The van der Waals surface area contributed by atoms with Crippen LogP contribution in [0.2, 0.25) is 0 Å². The number of methoxy groups -OCH3 is 1. The van der Waals surface area contributed by atoms with E-state index in [1.165, 1.54) is 14.0 Å². The number of hydrogen-bond acceptors (Lipinski definition) is 3. The monoisotopic (exact) mass is 251 g/mol. The van der Waals surface area contributed by atoms with Gasteiger partial charge in [0.15, 0.2) is 0 Å². The van der Waals surface area contributed by atoms with Gasteiger partial charge >= 0.3 is 5.97 Å². The molecule has 98 valence electrons. The SMILES string of the molecule is COc1ccccc1C(C)C(=O)NC(C)C(=O)O. The van der Waals surface area contributed by atoms with Crippen molar-refractivity contribution in [3.63, 3.8) is 0 Å². The number of nitrogens with one attached hydrogen (secondary N) is 1. The second-order valence-electron chi connectivity index (χ2n) is 4.03. The molecule has 0 aliphatic heterocycles. The molecule has 5 nitrogen and oxygen atoms in total. The Bertz CT molecular complexity index is 444. The van der Waals surface area contributed by atoms with E-state index in [9.17, 15) is 9.59 Å². The van der Waals surface area contributed by atoms with E-state index in [1.807, 2.05) is 12.1 Å². The summed E-state index contributed by atoms with van der Waals surface area (Å²) in [5.74, 6) is -1.25. The van der Waals surface area contributed by atoms with Crippen LogP contribution < -0.4 is 10.1 Å². The summed E-state index contributed by atoms with van der Waals surface area (Å²) < 4.78 is 5.17. The van der Waals surface area contributed by atoms with Gasteiger partial charge in [-0.3, -0.25) is 9.59 Å². The maximum absolute atomic E-state index is 11.9. The number of carboxylic acids is 1. The number of rotatable bonds is 5. The predicted molar refractivity (Wildman–Crippen MR) is 66.6 cm³/mol. The van der Waals surface area contributed by atoms with E-state index in [0.29, 0.717) is 5.75 Å². The average Bonchev–Trinajstić information content (AvgIpc) is 2.37. The van der Waals surface area contributed by atoms with Crippen LogP contribution >= 0.6 is 0 Å². The summed E-state index contributed by atoms with van der Waals surface area (Å²) in [6.45, 7) is 3.14. The van der Waals surface area contributed by atoms with Crippen LogP contribution in [0.1, 0.15) is 25.3 Å². The van der Waals surface area contributed by atoms with Crippen LogP contribution in [0.25, 0.3) is 0 Å². The molecule has 0 saturated heterocycles. The molecule has 18 heavy (non-hydrogen) atoms. The lowest BCUT2D eigenvalue weighted by molar-refractivity contribution is -0.141. The molecule has 0 bridgehead atoms. The summed E-state index contributed by atoms with van der Waals surface area (Å²) in [6, 6.07) is 6.26. The van der Waals surface area contributed by atoms with E-state index in [4.69, 9.17) is 9.84 Å². The van der Waals surface area contributed by atoms with Crippen molar-refractivity contribution in [3.05, 3.63) is 29.8 Å². The Morgan fingerprint density at radius 2 is 1.89 bits per heavy atom. The predicted octanol–water partition coefficient (Wildman–Crippen LogP) is 1.39. The van der Waals surface area contributed by atoms with Gasteiger partial charge in [-0.1, -0.05) is 18.2 Å². The Morgan fingerprint density at radius 1 is 1.28 bits per heavy atom. The summed E-state index contributed by atoms with van der Waals surface area (Å²) in [4.78, 5) is 22.6. The lowest BCUT2D eigenvalue weighted by Gasteiger charge is -2.17. The second kappa shape index (κ2) is 6.05. The number of carbonyl (C=O) groups excluding carboxylic acids is 1. The molecule has 0 saturated carbocycles. The largest absolute Gasteiger partial charge is 0.496 e. The fraction of sp³-hybridized carbons (Fsp3) is 0.385. The molecule has 1 aromatic rings. The Hall–Kier alpha value is -2.04.